The Balaban J connectivity index is 0.000000357. The average molecular weight is 539 g/mol. The van der Waals surface area contributed by atoms with Crippen LogP contribution in [-0.2, 0) is 9.53 Å². The topological polar surface area (TPSA) is 127 Å². The van der Waals surface area contributed by atoms with Gasteiger partial charge in [0.15, 0.2) is 11.6 Å². The van der Waals surface area contributed by atoms with Crippen molar-refractivity contribution in [2.75, 3.05) is 38.2 Å². The van der Waals surface area contributed by atoms with E-state index in [1.165, 1.54) is 24.4 Å². The Bertz CT molecular complexity index is 990. The molecule has 1 saturated heterocycles. The van der Waals surface area contributed by atoms with Crippen molar-refractivity contribution in [1.29, 1.82) is 0 Å². The van der Waals surface area contributed by atoms with Crippen LogP contribution in [0.4, 0.5) is 14.5 Å². The highest BCUT2D eigenvalue weighted by Crippen LogP contribution is 2.21. The lowest BCUT2D eigenvalue weighted by Gasteiger charge is -2.20. The summed E-state index contributed by atoms with van der Waals surface area (Å²) in [6.45, 7) is 10.3. The Hall–Kier alpha value is -3.15. The fourth-order valence-corrected chi connectivity index (χ4v) is 3.53. The van der Waals surface area contributed by atoms with Crippen molar-refractivity contribution in [2.24, 2.45) is 5.73 Å². The lowest BCUT2D eigenvalue weighted by Crippen LogP contribution is -2.31. The van der Waals surface area contributed by atoms with Crippen molar-refractivity contribution in [3.05, 3.63) is 53.9 Å². The molecule has 9 nitrogen and oxygen atoms in total. The minimum Gasteiger partial charge on any atom is -0.489 e. The number of carbonyl (C=O) groups excluding carboxylic acids is 2. The first-order chi connectivity index (χ1) is 18.2. The van der Waals surface area contributed by atoms with Crippen molar-refractivity contribution in [3.8, 4) is 5.75 Å². The van der Waals surface area contributed by atoms with E-state index in [1.807, 2.05) is 32.6 Å². The highest BCUT2D eigenvalue weighted by Gasteiger charge is 2.28. The Morgan fingerprint density at radius 1 is 1.21 bits per heavy atom. The van der Waals surface area contributed by atoms with Gasteiger partial charge in [-0.1, -0.05) is 26.8 Å². The van der Waals surface area contributed by atoms with Crippen molar-refractivity contribution in [2.45, 2.75) is 59.2 Å². The third-order valence-corrected chi connectivity index (χ3v) is 5.34. The van der Waals surface area contributed by atoms with E-state index < -0.39 is 23.6 Å². The van der Waals surface area contributed by atoms with Crippen LogP contribution in [0, 0.1) is 11.6 Å². The van der Waals surface area contributed by atoms with Gasteiger partial charge in [0.25, 0.3) is 11.8 Å². The number of aromatic nitrogens is 1. The van der Waals surface area contributed by atoms with Gasteiger partial charge in [0.2, 0.25) is 5.82 Å². The molecule has 1 aromatic carbocycles. The molecule has 0 bridgehead atoms. The maximum absolute atomic E-state index is 13.3. The number of rotatable bonds is 11. The number of benzene rings is 1. The zero-order valence-electron chi connectivity index (χ0n) is 22.6. The standard InChI is InChI=1S/C13H19F2NO2.C12H15N3O3.C2H6/c1-2-6-16(7-9-17)8-10-18-12-5-3-4-11(14)13(12)15;1-7-2-3-10(18-7)12(17)15-8-4-5-14-9(6-8)11(13)16;1-2/h3-5,17H,2,6-10H2,1H3;4-7,10H,2-3H2,1H3,(H2,13,16)(H,14,15,17);1-2H3. The number of pyridine rings is 1. The molecule has 2 atom stereocenters. The lowest BCUT2D eigenvalue weighted by molar-refractivity contribution is -0.126. The molecule has 2 heterocycles. The largest absolute Gasteiger partial charge is 0.489 e. The molecule has 0 radical (unpaired) electrons. The summed E-state index contributed by atoms with van der Waals surface area (Å²) in [4.78, 5) is 28.6. The maximum atomic E-state index is 13.3. The molecule has 2 amide bonds. The predicted molar refractivity (Wildman–Crippen MR) is 142 cm³/mol. The molecule has 0 aliphatic carbocycles. The molecule has 1 aliphatic heterocycles. The SMILES string of the molecule is CC.CC1CCC(C(=O)Nc2ccnc(C(N)=O)c2)O1.CCCN(CCO)CCOc1cccc(F)c1F. The van der Waals surface area contributed by atoms with Crippen molar-refractivity contribution in [3.63, 3.8) is 0 Å². The Morgan fingerprint density at radius 3 is 2.55 bits per heavy atom. The van der Waals surface area contributed by atoms with E-state index in [0.29, 0.717) is 25.2 Å². The summed E-state index contributed by atoms with van der Waals surface area (Å²) in [7, 11) is 0. The van der Waals surface area contributed by atoms with Gasteiger partial charge in [-0.2, -0.15) is 4.39 Å². The van der Waals surface area contributed by atoms with Gasteiger partial charge < -0.3 is 25.6 Å². The molecule has 38 heavy (non-hydrogen) atoms. The van der Waals surface area contributed by atoms with Gasteiger partial charge in [0.05, 0.1) is 12.7 Å². The van der Waals surface area contributed by atoms with Crippen LogP contribution in [0.2, 0.25) is 0 Å². The number of hydrogen-bond acceptors (Lipinski definition) is 7. The number of nitrogens with two attached hydrogens (primary N) is 1. The average Bonchev–Trinajstić information content (AvgIpc) is 3.35. The van der Waals surface area contributed by atoms with Gasteiger partial charge in [0.1, 0.15) is 18.4 Å². The van der Waals surface area contributed by atoms with Gasteiger partial charge in [-0.25, -0.2) is 4.39 Å². The molecule has 2 unspecified atom stereocenters. The fraction of sp³-hybridized carbons (Fsp3) is 0.519. The van der Waals surface area contributed by atoms with Crippen LogP contribution >= 0.6 is 0 Å². The summed E-state index contributed by atoms with van der Waals surface area (Å²) in [5.41, 5.74) is 5.73. The van der Waals surface area contributed by atoms with Crippen LogP contribution in [0.1, 0.15) is 57.4 Å². The third kappa shape index (κ3) is 11.5. The van der Waals surface area contributed by atoms with Crippen molar-refractivity contribution in [1.82, 2.24) is 9.88 Å². The summed E-state index contributed by atoms with van der Waals surface area (Å²) in [6.07, 6.45) is 3.66. The second-order valence-corrected chi connectivity index (χ2v) is 8.26. The monoisotopic (exact) mass is 538 g/mol. The first-order valence-corrected chi connectivity index (χ1v) is 12.9. The van der Waals surface area contributed by atoms with E-state index in [2.05, 4.69) is 10.3 Å². The number of aliphatic hydroxyl groups excluding tert-OH is 1. The number of hydrogen-bond donors (Lipinski definition) is 3. The van der Waals surface area contributed by atoms with Crippen LogP contribution in [0.5, 0.6) is 5.75 Å². The number of ether oxygens (including phenoxy) is 2. The first-order valence-electron chi connectivity index (χ1n) is 12.9. The zero-order chi connectivity index (χ0) is 28.5. The quantitative estimate of drug-likeness (QED) is 0.398. The maximum Gasteiger partial charge on any atom is 0.267 e. The van der Waals surface area contributed by atoms with Gasteiger partial charge in [-0.05, 0) is 57.0 Å². The minimum absolute atomic E-state index is 0.0737. The number of carbonyl (C=O) groups is 2. The highest BCUT2D eigenvalue weighted by atomic mass is 19.2. The Morgan fingerprint density at radius 2 is 1.95 bits per heavy atom. The molecule has 2 aromatic rings. The number of anilines is 1. The van der Waals surface area contributed by atoms with E-state index in [9.17, 15) is 18.4 Å². The van der Waals surface area contributed by atoms with E-state index in [4.69, 9.17) is 20.3 Å². The lowest BCUT2D eigenvalue weighted by atomic mass is 10.2. The minimum atomic E-state index is -0.957. The Kier molecular flexibility index (Phi) is 15.7. The first kappa shape index (κ1) is 32.9. The van der Waals surface area contributed by atoms with Gasteiger partial charge in [-0.3, -0.25) is 19.5 Å². The number of nitrogens with one attached hydrogen (secondary N) is 1. The molecule has 1 fully saturated rings. The second kappa shape index (κ2) is 18.2. The number of halogens is 2. The van der Waals surface area contributed by atoms with Crippen molar-refractivity contribution < 1.29 is 33.0 Å². The molecular weight excluding hydrogens is 498 g/mol. The summed E-state index contributed by atoms with van der Waals surface area (Å²) < 4.78 is 36.8. The Labute approximate surface area is 223 Å². The molecule has 0 saturated carbocycles. The summed E-state index contributed by atoms with van der Waals surface area (Å²) >= 11 is 0. The number of aliphatic hydroxyl groups is 1. The zero-order valence-corrected chi connectivity index (χ0v) is 22.6. The molecule has 212 valence electrons. The summed E-state index contributed by atoms with van der Waals surface area (Å²) in [6, 6.07) is 6.90. The van der Waals surface area contributed by atoms with Crippen LogP contribution in [0.15, 0.2) is 36.5 Å². The number of nitrogens with zero attached hydrogens (tertiary/aromatic N) is 2. The highest BCUT2D eigenvalue weighted by molar-refractivity contribution is 5.96. The number of primary amides is 1. The van der Waals surface area contributed by atoms with Gasteiger partial charge in [0, 0.05) is 25.0 Å². The van der Waals surface area contributed by atoms with Gasteiger partial charge >= 0.3 is 0 Å². The predicted octanol–water partition coefficient (Wildman–Crippen LogP) is 3.76. The summed E-state index contributed by atoms with van der Waals surface area (Å²) in [5.74, 6) is -2.77. The molecule has 4 N–H and O–H groups in total. The van der Waals surface area contributed by atoms with E-state index in [-0.39, 0.29) is 36.7 Å². The molecule has 3 rings (SSSR count). The molecular formula is C27H40F2N4O5. The molecule has 11 heteroatoms. The number of amides is 2. The smallest absolute Gasteiger partial charge is 0.267 e. The second-order valence-electron chi connectivity index (χ2n) is 8.26. The van der Waals surface area contributed by atoms with Crippen LogP contribution in [-0.4, -0.2) is 71.9 Å². The van der Waals surface area contributed by atoms with Crippen molar-refractivity contribution >= 4 is 17.5 Å². The molecule has 0 spiro atoms. The normalized spacial score (nSPS) is 16.1. The van der Waals surface area contributed by atoms with E-state index >= 15 is 0 Å². The fourth-order valence-electron chi connectivity index (χ4n) is 3.53. The van der Waals surface area contributed by atoms with Crippen LogP contribution in [0.3, 0.4) is 0 Å². The molecule has 1 aromatic heterocycles. The van der Waals surface area contributed by atoms with Gasteiger partial charge in [-0.15, -0.1) is 0 Å². The van der Waals surface area contributed by atoms with Crippen LogP contribution < -0.4 is 15.8 Å². The molecule has 1 aliphatic rings. The van der Waals surface area contributed by atoms with E-state index in [1.54, 1.807) is 6.07 Å². The van der Waals surface area contributed by atoms with Crippen LogP contribution in [0.25, 0.3) is 0 Å². The third-order valence-electron chi connectivity index (χ3n) is 5.34. The van der Waals surface area contributed by atoms with E-state index in [0.717, 1.165) is 25.5 Å². The summed E-state index contributed by atoms with van der Waals surface area (Å²) in [5, 5.41) is 11.6.